The lowest BCUT2D eigenvalue weighted by molar-refractivity contribution is 0.108. The summed E-state index contributed by atoms with van der Waals surface area (Å²) in [4.78, 5) is 5.40. The van der Waals surface area contributed by atoms with E-state index in [1.165, 1.54) is 4.88 Å². The molecule has 0 saturated heterocycles. The molecule has 1 fully saturated rings. The monoisotopic (exact) mass is 240 g/mol. The fraction of sp³-hybridized carbons (Fsp3) is 0.750. The summed E-state index contributed by atoms with van der Waals surface area (Å²) in [7, 11) is 0. The number of rotatable bonds is 4. The molecule has 0 radical (unpaired) electrons. The van der Waals surface area contributed by atoms with Crippen LogP contribution in [0.25, 0.3) is 0 Å². The maximum absolute atomic E-state index is 9.43. The molecule has 0 amide bonds. The van der Waals surface area contributed by atoms with E-state index in [2.05, 4.69) is 17.2 Å². The van der Waals surface area contributed by atoms with E-state index < -0.39 is 0 Å². The first kappa shape index (κ1) is 12.0. The molecule has 2 N–H and O–H groups in total. The Kier molecular flexibility index (Phi) is 4.32. The Balaban J connectivity index is 1.71. The number of aromatic nitrogens is 1. The van der Waals surface area contributed by atoms with Crippen molar-refractivity contribution in [2.45, 2.75) is 44.8 Å². The second-order valence-electron chi connectivity index (χ2n) is 4.71. The van der Waals surface area contributed by atoms with Crippen LogP contribution in [-0.2, 0) is 0 Å². The minimum absolute atomic E-state index is 0.0461. The van der Waals surface area contributed by atoms with Gasteiger partial charge in [-0.2, -0.15) is 0 Å². The molecule has 0 bridgehead atoms. The van der Waals surface area contributed by atoms with Crippen molar-refractivity contribution in [1.82, 2.24) is 10.3 Å². The van der Waals surface area contributed by atoms with Gasteiger partial charge in [-0.15, -0.1) is 11.3 Å². The Bertz CT molecular complexity index is 294. The molecule has 1 unspecified atom stereocenters. The number of nitrogens with one attached hydrogen (secondary N) is 1. The van der Waals surface area contributed by atoms with Crippen LogP contribution in [0.5, 0.6) is 0 Å². The number of nitrogens with zero attached hydrogens (tertiary/aromatic N) is 1. The lowest BCUT2D eigenvalue weighted by atomic mass is 9.87. The van der Waals surface area contributed by atoms with Crippen molar-refractivity contribution in [2.24, 2.45) is 5.92 Å². The van der Waals surface area contributed by atoms with Crippen molar-refractivity contribution < 1.29 is 5.11 Å². The Morgan fingerprint density at radius 2 is 2.25 bits per heavy atom. The van der Waals surface area contributed by atoms with Crippen molar-refractivity contribution >= 4 is 11.3 Å². The summed E-state index contributed by atoms with van der Waals surface area (Å²) in [6, 6.07) is 0.402. The fourth-order valence-corrected chi connectivity index (χ4v) is 2.89. The molecule has 0 aliphatic heterocycles. The Hall–Kier alpha value is -0.450. The van der Waals surface area contributed by atoms with Crippen LogP contribution >= 0.6 is 11.3 Å². The lowest BCUT2D eigenvalue weighted by Crippen LogP contribution is -2.29. The van der Waals surface area contributed by atoms with Crippen LogP contribution in [-0.4, -0.2) is 22.7 Å². The van der Waals surface area contributed by atoms with Crippen molar-refractivity contribution in [3.63, 3.8) is 0 Å². The molecule has 16 heavy (non-hydrogen) atoms. The molecule has 1 saturated carbocycles. The van der Waals surface area contributed by atoms with E-state index >= 15 is 0 Å². The number of aliphatic hydroxyl groups excluding tert-OH is 1. The first-order chi connectivity index (χ1) is 7.75. The second kappa shape index (κ2) is 5.75. The molecule has 0 spiro atoms. The summed E-state index contributed by atoms with van der Waals surface area (Å²) in [5.74, 6) is 0.735. The van der Waals surface area contributed by atoms with Gasteiger partial charge < -0.3 is 10.4 Å². The summed E-state index contributed by atoms with van der Waals surface area (Å²) in [5.41, 5.74) is 1.88. The third kappa shape index (κ3) is 3.27. The standard InChI is InChI=1S/C12H20N2OS/c1-9(12-7-13-8-16-12)14-6-10-2-4-11(15)5-3-10/h7-11,14-15H,2-6H2,1H3. The predicted molar refractivity (Wildman–Crippen MR) is 66.5 cm³/mol. The fourth-order valence-electron chi connectivity index (χ4n) is 2.23. The second-order valence-corrected chi connectivity index (χ2v) is 5.63. The highest BCUT2D eigenvalue weighted by Gasteiger charge is 2.19. The highest BCUT2D eigenvalue weighted by molar-refractivity contribution is 7.09. The van der Waals surface area contributed by atoms with Crippen molar-refractivity contribution in [2.75, 3.05) is 6.54 Å². The van der Waals surface area contributed by atoms with Gasteiger partial charge in [0.2, 0.25) is 0 Å². The Labute approximate surface area is 101 Å². The van der Waals surface area contributed by atoms with Gasteiger partial charge in [0.15, 0.2) is 0 Å². The van der Waals surface area contributed by atoms with Gasteiger partial charge >= 0.3 is 0 Å². The number of thiazole rings is 1. The topological polar surface area (TPSA) is 45.1 Å². The molecular formula is C12H20N2OS. The third-order valence-corrected chi connectivity index (χ3v) is 4.37. The number of hydrogen-bond acceptors (Lipinski definition) is 4. The molecule has 1 heterocycles. The Morgan fingerprint density at radius 3 is 2.88 bits per heavy atom. The van der Waals surface area contributed by atoms with Crippen molar-refractivity contribution in [3.05, 3.63) is 16.6 Å². The third-order valence-electron chi connectivity index (χ3n) is 3.41. The molecule has 1 aromatic rings. The van der Waals surface area contributed by atoms with E-state index in [9.17, 15) is 5.11 Å². The molecule has 1 aromatic heterocycles. The summed E-state index contributed by atoms with van der Waals surface area (Å²) in [6.45, 7) is 3.25. The van der Waals surface area contributed by atoms with Gasteiger partial charge in [0.1, 0.15) is 0 Å². The van der Waals surface area contributed by atoms with Crippen LogP contribution in [0.2, 0.25) is 0 Å². The summed E-state index contributed by atoms with van der Waals surface area (Å²) < 4.78 is 0. The SMILES string of the molecule is CC(NCC1CCC(O)CC1)c1cncs1. The molecule has 1 aliphatic carbocycles. The number of hydrogen-bond donors (Lipinski definition) is 2. The van der Waals surface area contributed by atoms with E-state index in [1.54, 1.807) is 11.3 Å². The first-order valence-electron chi connectivity index (χ1n) is 6.05. The van der Waals surface area contributed by atoms with E-state index in [0.29, 0.717) is 6.04 Å². The summed E-state index contributed by atoms with van der Waals surface area (Å²) >= 11 is 1.70. The van der Waals surface area contributed by atoms with E-state index in [4.69, 9.17) is 0 Å². The average Bonchev–Trinajstić information content (AvgIpc) is 2.81. The predicted octanol–water partition coefficient (Wildman–Crippen LogP) is 2.34. The van der Waals surface area contributed by atoms with E-state index in [1.807, 2.05) is 11.7 Å². The van der Waals surface area contributed by atoms with Gasteiger partial charge in [-0.05, 0) is 45.1 Å². The summed E-state index contributed by atoms with van der Waals surface area (Å²) in [5, 5.41) is 13.0. The summed E-state index contributed by atoms with van der Waals surface area (Å²) in [6.07, 6.45) is 6.15. The zero-order chi connectivity index (χ0) is 11.4. The van der Waals surface area contributed by atoms with Crippen molar-refractivity contribution in [3.8, 4) is 0 Å². The van der Waals surface area contributed by atoms with Crippen LogP contribution < -0.4 is 5.32 Å². The quantitative estimate of drug-likeness (QED) is 0.849. The Morgan fingerprint density at radius 1 is 1.50 bits per heavy atom. The van der Waals surface area contributed by atoms with Gasteiger partial charge in [0, 0.05) is 17.1 Å². The largest absolute Gasteiger partial charge is 0.393 e. The van der Waals surface area contributed by atoms with Gasteiger partial charge in [-0.1, -0.05) is 0 Å². The average molecular weight is 240 g/mol. The lowest BCUT2D eigenvalue weighted by Gasteiger charge is -2.26. The highest BCUT2D eigenvalue weighted by atomic mass is 32.1. The first-order valence-corrected chi connectivity index (χ1v) is 6.93. The van der Waals surface area contributed by atoms with Gasteiger partial charge in [0.05, 0.1) is 11.6 Å². The molecule has 1 aliphatic rings. The molecule has 4 heteroatoms. The molecule has 90 valence electrons. The molecular weight excluding hydrogens is 220 g/mol. The van der Waals surface area contributed by atoms with Crippen LogP contribution in [0.4, 0.5) is 0 Å². The zero-order valence-electron chi connectivity index (χ0n) is 9.72. The van der Waals surface area contributed by atoms with E-state index in [0.717, 1.165) is 38.1 Å². The van der Waals surface area contributed by atoms with Gasteiger partial charge in [0.25, 0.3) is 0 Å². The highest BCUT2D eigenvalue weighted by Crippen LogP contribution is 2.24. The molecule has 3 nitrogen and oxygen atoms in total. The van der Waals surface area contributed by atoms with Crippen LogP contribution in [0, 0.1) is 5.92 Å². The van der Waals surface area contributed by atoms with Crippen molar-refractivity contribution in [1.29, 1.82) is 0 Å². The maximum atomic E-state index is 9.43. The minimum Gasteiger partial charge on any atom is -0.393 e. The normalized spacial score (nSPS) is 27.9. The van der Waals surface area contributed by atoms with Crippen LogP contribution in [0.1, 0.15) is 43.5 Å². The van der Waals surface area contributed by atoms with Crippen LogP contribution in [0.3, 0.4) is 0 Å². The number of aliphatic hydroxyl groups is 1. The van der Waals surface area contributed by atoms with E-state index in [-0.39, 0.29) is 6.10 Å². The molecule has 0 aromatic carbocycles. The van der Waals surface area contributed by atoms with Crippen LogP contribution in [0.15, 0.2) is 11.7 Å². The van der Waals surface area contributed by atoms with Gasteiger partial charge in [-0.25, -0.2) is 0 Å². The smallest absolute Gasteiger partial charge is 0.0794 e. The van der Waals surface area contributed by atoms with Gasteiger partial charge in [-0.3, -0.25) is 4.98 Å². The molecule has 1 atom stereocenters. The zero-order valence-corrected chi connectivity index (χ0v) is 10.5. The molecule has 2 rings (SSSR count). The minimum atomic E-state index is -0.0461. The maximum Gasteiger partial charge on any atom is 0.0794 e.